The Labute approximate surface area is 127 Å². The molecular formula is C15H18FNO5. The molecule has 0 saturated carbocycles. The summed E-state index contributed by atoms with van der Waals surface area (Å²) in [4.78, 5) is 23.3. The number of aryl methyl sites for hydroxylation is 1. The number of hydrogen-bond donors (Lipinski definition) is 2. The Balaban J connectivity index is 1.97. The molecule has 1 amide bonds. The largest absolute Gasteiger partial charge is 0.494 e. The lowest BCUT2D eigenvalue weighted by Gasteiger charge is -2.23. The third-order valence-electron chi connectivity index (χ3n) is 3.69. The van der Waals surface area contributed by atoms with E-state index in [4.69, 9.17) is 9.47 Å². The number of methoxy groups -OCH3 is 1. The maximum atomic E-state index is 14.0. The highest BCUT2D eigenvalue weighted by atomic mass is 19.1. The first-order valence-corrected chi connectivity index (χ1v) is 6.92. The quantitative estimate of drug-likeness (QED) is 0.822. The Bertz CT molecular complexity index is 569. The molecule has 1 fully saturated rings. The normalized spacial score (nSPS) is 20.6. The summed E-state index contributed by atoms with van der Waals surface area (Å²) in [7, 11) is 1.37. The van der Waals surface area contributed by atoms with E-state index in [0.717, 1.165) is 0 Å². The van der Waals surface area contributed by atoms with Gasteiger partial charge >= 0.3 is 5.97 Å². The second-order valence-corrected chi connectivity index (χ2v) is 5.17. The van der Waals surface area contributed by atoms with Crippen LogP contribution in [0.2, 0.25) is 0 Å². The van der Waals surface area contributed by atoms with Crippen LogP contribution in [0, 0.1) is 5.82 Å². The monoisotopic (exact) mass is 311 g/mol. The Kier molecular flexibility index (Phi) is 4.97. The topological polar surface area (TPSA) is 84.9 Å². The van der Waals surface area contributed by atoms with Crippen molar-refractivity contribution in [2.24, 2.45) is 0 Å². The standard InChI is InChI=1S/C15H18FNO5/c1-21-11-4-2-3-10(13(11)16)5-6-12(18)17-15(14(19)20)7-8-22-9-15/h2-4H,5-9H2,1H3,(H,17,18)(H,19,20). The summed E-state index contributed by atoms with van der Waals surface area (Å²) in [6.45, 7) is 0.235. The van der Waals surface area contributed by atoms with Crippen LogP contribution < -0.4 is 10.1 Å². The number of aliphatic carboxylic acids is 1. The Morgan fingerprint density at radius 3 is 2.86 bits per heavy atom. The number of carboxylic acid groups (broad SMARTS) is 1. The maximum Gasteiger partial charge on any atom is 0.331 e. The Morgan fingerprint density at radius 2 is 2.27 bits per heavy atom. The van der Waals surface area contributed by atoms with Crippen LogP contribution in [0.3, 0.4) is 0 Å². The van der Waals surface area contributed by atoms with E-state index in [1.54, 1.807) is 12.1 Å². The number of carboxylic acids is 1. The molecular weight excluding hydrogens is 293 g/mol. The van der Waals surface area contributed by atoms with Crippen molar-refractivity contribution in [3.63, 3.8) is 0 Å². The van der Waals surface area contributed by atoms with Gasteiger partial charge < -0.3 is 19.9 Å². The third-order valence-corrected chi connectivity index (χ3v) is 3.69. The molecule has 7 heteroatoms. The number of hydrogen-bond acceptors (Lipinski definition) is 4. The molecule has 1 aromatic carbocycles. The van der Waals surface area contributed by atoms with Crippen LogP contribution in [0.5, 0.6) is 5.75 Å². The van der Waals surface area contributed by atoms with Crippen molar-refractivity contribution in [1.82, 2.24) is 5.32 Å². The minimum atomic E-state index is -1.37. The molecule has 0 aliphatic carbocycles. The fourth-order valence-electron chi connectivity index (χ4n) is 2.37. The Hall–Kier alpha value is -2.15. The van der Waals surface area contributed by atoms with Crippen LogP contribution in [0.25, 0.3) is 0 Å². The van der Waals surface area contributed by atoms with Gasteiger partial charge in [-0.25, -0.2) is 9.18 Å². The fraction of sp³-hybridized carbons (Fsp3) is 0.467. The second kappa shape index (κ2) is 6.74. The van der Waals surface area contributed by atoms with Gasteiger partial charge in [0.05, 0.1) is 13.7 Å². The van der Waals surface area contributed by atoms with E-state index < -0.39 is 23.2 Å². The van der Waals surface area contributed by atoms with Crippen molar-refractivity contribution in [2.75, 3.05) is 20.3 Å². The first-order chi connectivity index (χ1) is 10.5. The molecule has 0 aromatic heterocycles. The van der Waals surface area contributed by atoms with Crippen molar-refractivity contribution in [1.29, 1.82) is 0 Å². The SMILES string of the molecule is COc1cccc(CCC(=O)NC2(C(=O)O)CCOC2)c1F. The lowest BCUT2D eigenvalue weighted by molar-refractivity contribution is -0.147. The number of nitrogens with one attached hydrogen (secondary N) is 1. The van der Waals surface area contributed by atoms with Gasteiger partial charge in [0.25, 0.3) is 0 Å². The average molecular weight is 311 g/mol. The van der Waals surface area contributed by atoms with E-state index in [9.17, 15) is 19.1 Å². The molecule has 2 rings (SSSR count). The number of carbonyl (C=O) groups excluding carboxylic acids is 1. The molecule has 0 radical (unpaired) electrons. The highest BCUT2D eigenvalue weighted by molar-refractivity contribution is 5.87. The van der Waals surface area contributed by atoms with Crippen LogP contribution in [0.1, 0.15) is 18.4 Å². The van der Waals surface area contributed by atoms with Gasteiger partial charge in [0.2, 0.25) is 5.91 Å². The first kappa shape index (κ1) is 16.2. The van der Waals surface area contributed by atoms with Gasteiger partial charge in [-0.1, -0.05) is 12.1 Å². The summed E-state index contributed by atoms with van der Waals surface area (Å²) in [5, 5.41) is 11.7. The van der Waals surface area contributed by atoms with Crippen molar-refractivity contribution >= 4 is 11.9 Å². The molecule has 6 nitrogen and oxygen atoms in total. The van der Waals surface area contributed by atoms with E-state index in [-0.39, 0.29) is 38.2 Å². The van der Waals surface area contributed by atoms with Crippen LogP contribution >= 0.6 is 0 Å². The van der Waals surface area contributed by atoms with Gasteiger partial charge in [0, 0.05) is 19.4 Å². The first-order valence-electron chi connectivity index (χ1n) is 6.92. The van der Waals surface area contributed by atoms with Crippen LogP contribution in [0.15, 0.2) is 18.2 Å². The zero-order valence-electron chi connectivity index (χ0n) is 12.2. The number of benzene rings is 1. The molecule has 1 unspecified atom stereocenters. The fourth-order valence-corrected chi connectivity index (χ4v) is 2.37. The van der Waals surface area contributed by atoms with E-state index in [1.807, 2.05) is 0 Å². The minimum absolute atomic E-state index is 0.0148. The average Bonchev–Trinajstić information content (AvgIpc) is 2.96. The van der Waals surface area contributed by atoms with Gasteiger partial charge in [0.1, 0.15) is 0 Å². The minimum Gasteiger partial charge on any atom is -0.494 e. The van der Waals surface area contributed by atoms with E-state index in [2.05, 4.69) is 5.32 Å². The van der Waals surface area contributed by atoms with Crippen LogP contribution in [-0.4, -0.2) is 42.8 Å². The maximum absolute atomic E-state index is 14.0. The highest BCUT2D eigenvalue weighted by Gasteiger charge is 2.43. The molecule has 1 aliphatic rings. The smallest absolute Gasteiger partial charge is 0.331 e. The summed E-state index contributed by atoms with van der Waals surface area (Å²) >= 11 is 0. The molecule has 0 bridgehead atoms. The number of ether oxygens (including phenoxy) is 2. The van der Waals surface area contributed by atoms with Crippen molar-refractivity contribution in [3.05, 3.63) is 29.6 Å². The molecule has 1 heterocycles. The molecule has 120 valence electrons. The van der Waals surface area contributed by atoms with Gasteiger partial charge in [-0.2, -0.15) is 0 Å². The molecule has 22 heavy (non-hydrogen) atoms. The summed E-state index contributed by atoms with van der Waals surface area (Å²) in [6.07, 6.45) is 0.367. The van der Waals surface area contributed by atoms with Gasteiger partial charge in [0.15, 0.2) is 17.1 Å². The van der Waals surface area contributed by atoms with E-state index in [0.29, 0.717) is 5.56 Å². The second-order valence-electron chi connectivity index (χ2n) is 5.17. The van der Waals surface area contributed by atoms with E-state index in [1.165, 1.54) is 13.2 Å². The lowest BCUT2D eigenvalue weighted by Crippen LogP contribution is -2.55. The van der Waals surface area contributed by atoms with Crippen LogP contribution in [-0.2, 0) is 20.7 Å². The lowest BCUT2D eigenvalue weighted by atomic mass is 9.98. The van der Waals surface area contributed by atoms with E-state index >= 15 is 0 Å². The molecule has 1 atom stereocenters. The summed E-state index contributed by atoms with van der Waals surface area (Å²) in [5.74, 6) is -1.96. The van der Waals surface area contributed by atoms with Gasteiger partial charge in [-0.05, 0) is 18.1 Å². The van der Waals surface area contributed by atoms with Crippen molar-refractivity contribution < 1.29 is 28.6 Å². The summed E-state index contributed by atoms with van der Waals surface area (Å²) < 4.78 is 23.9. The van der Waals surface area contributed by atoms with Crippen LogP contribution in [0.4, 0.5) is 4.39 Å². The molecule has 1 saturated heterocycles. The highest BCUT2D eigenvalue weighted by Crippen LogP contribution is 2.22. The van der Waals surface area contributed by atoms with Gasteiger partial charge in [-0.15, -0.1) is 0 Å². The molecule has 1 aliphatic heterocycles. The predicted octanol–water partition coefficient (Wildman–Crippen LogP) is 1.13. The number of rotatable bonds is 6. The summed E-state index contributed by atoms with van der Waals surface area (Å²) in [6, 6.07) is 4.70. The number of carbonyl (C=O) groups is 2. The predicted molar refractivity (Wildman–Crippen MR) is 75.2 cm³/mol. The van der Waals surface area contributed by atoms with Crippen molar-refractivity contribution in [3.8, 4) is 5.75 Å². The van der Waals surface area contributed by atoms with Crippen molar-refractivity contribution in [2.45, 2.75) is 24.8 Å². The Morgan fingerprint density at radius 1 is 1.50 bits per heavy atom. The zero-order valence-corrected chi connectivity index (χ0v) is 12.2. The zero-order chi connectivity index (χ0) is 16.2. The third kappa shape index (κ3) is 3.36. The molecule has 1 aromatic rings. The number of amides is 1. The molecule has 0 spiro atoms. The van der Waals surface area contributed by atoms with Gasteiger partial charge in [-0.3, -0.25) is 4.79 Å². The molecule has 2 N–H and O–H groups in total. The summed E-state index contributed by atoms with van der Waals surface area (Å²) in [5.41, 5.74) is -1.02. The number of halogens is 1.